The number of methoxy groups -OCH3 is 1. The molecule has 0 aliphatic heterocycles. The molecule has 0 saturated heterocycles. The lowest BCUT2D eigenvalue weighted by atomic mass is 10.1. The van der Waals surface area contributed by atoms with E-state index in [1.807, 2.05) is 26.0 Å². The van der Waals surface area contributed by atoms with Gasteiger partial charge in [0.25, 0.3) is 0 Å². The standard InChI is InChI=1S/C19H20N2O4/c1-12-7-8-16(9-13(12)2)21-18(23)11-17(22)20-15-6-4-5-14(10-15)19(24)25-3/h4-10H,11H2,1-3H3,(H,20,22)(H,21,23). The minimum Gasteiger partial charge on any atom is -0.465 e. The Morgan fingerprint density at radius 3 is 2.12 bits per heavy atom. The van der Waals surface area contributed by atoms with E-state index in [2.05, 4.69) is 15.4 Å². The third-order valence-corrected chi connectivity index (χ3v) is 3.68. The highest BCUT2D eigenvalue weighted by Crippen LogP contribution is 2.15. The van der Waals surface area contributed by atoms with Gasteiger partial charge in [0.1, 0.15) is 6.42 Å². The molecule has 2 amide bonds. The fourth-order valence-corrected chi connectivity index (χ4v) is 2.22. The molecular weight excluding hydrogens is 320 g/mol. The zero-order chi connectivity index (χ0) is 18.4. The van der Waals surface area contributed by atoms with Crippen molar-refractivity contribution >= 4 is 29.2 Å². The van der Waals surface area contributed by atoms with E-state index in [1.165, 1.54) is 13.2 Å². The number of anilines is 2. The van der Waals surface area contributed by atoms with Gasteiger partial charge in [-0.1, -0.05) is 12.1 Å². The van der Waals surface area contributed by atoms with Crippen molar-refractivity contribution in [1.29, 1.82) is 0 Å². The Labute approximate surface area is 146 Å². The van der Waals surface area contributed by atoms with Crippen LogP contribution in [-0.4, -0.2) is 24.9 Å². The van der Waals surface area contributed by atoms with Crippen molar-refractivity contribution in [3.05, 3.63) is 59.2 Å². The van der Waals surface area contributed by atoms with Crippen LogP contribution in [0.25, 0.3) is 0 Å². The predicted molar refractivity (Wildman–Crippen MR) is 95.6 cm³/mol. The summed E-state index contributed by atoms with van der Waals surface area (Å²) in [5.74, 6) is -1.38. The molecule has 0 bridgehead atoms. The molecular formula is C19H20N2O4. The highest BCUT2D eigenvalue weighted by Gasteiger charge is 2.12. The van der Waals surface area contributed by atoms with Gasteiger partial charge in [0.2, 0.25) is 11.8 Å². The highest BCUT2D eigenvalue weighted by atomic mass is 16.5. The smallest absolute Gasteiger partial charge is 0.337 e. The maximum atomic E-state index is 12.0. The van der Waals surface area contributed by atoms with E-state index in [-0.39, 0.29) is 6.42 Å². The third-order valence-electron chi connectivity index (χ3n) is 3.68. The summed E-state index contributed by atoms with van der Waals surface area (Å²) in [7, 11) is 1.28. The lowest BCUT2D eigenvalue weighted by molar-refractivity contribution is -0.123. The van der Waals surface area contributed by atoms with Crippen LogP contribution in [0, 0.1) is 13.8 Å². The fourth-order valence-electron chi connectivity index (χ4n) is 2.22. The molecule has 2 aromatic rings. The first-order valence-electron chi connectivity index (χ1n) is 7.74. The number of amides is 2. The van der Waals surface area contributed by atoms with Gasteiger partial charge in [0, 0.05) is 11.4 Å². The van der Waals surface area contributed by atoms with Crippen LogP contribution >= 0.6 is 0 Å². The number of nitrogens with one attached hydrogen (secondary N) is 2. The molecule has 0 unspecified atom stereocenters. The molecule has 130 valence electrons. The van der Waals surface area contributed by atoms with Crippen molar-refractivity contribution in [2.75, 3.05) is 17.7 Å². The molecule has 2 rings (SSSR count). The monoisotopic (exact) mass is 340 g/mol. The third kappa shape index (κ3) is 5.17. The van der Waals surface area contributed by atoms with Gasteiger partial charge in [-0.15, -0.1) is 0 Å². The summed E-state index contributed by atoms with van der Waals surface area (Å²) in [6.45, 7) is 3.93. The number of carbonyl (C=O) groups excluding carboxylic acids is 3. The molecule has 0 atom stereocenters. The zero-order valence-corrected chi connectivity index (χ0v) is 14.4. The first-order valence-corrected chi connectivity index (χ1v) is 7.74. The lowest BCUT2D eigenvalue weighted by Gasteiger charge is -2.09. The molecule has 6 heteroatoms. The molecule has 0 spiro atoms. The van der Waals surface area contributed by atoms with Gasteiger partial charge < -0.3 is 15.4 Å². The Kier molecular flexibility index (Phi) is 5.89. The van der Waals surface area contributed by atoms with Crippen LogP contribution < -0.4 is 10.6 Å². The topological polar surface area (TPSA) is 84.5 Å². The SMILES string of the molecule is COC(=O)c1cccc(NC(=O)CC(=O)Nc2ccc(C)c(C)c2)c1. The summed E-state index contributed by atoms with van der Waals surface area (Å²) in [6.07, 6.45) is -0.324. The van der Waals surface area contributed by atoms with E-state index in [0.717, 1.165) is 11.1 Å². The molecule has 25 heavy (non-hydrogen) atoms. The first kappa shape index (κ1) is 18.2. The number of rotatable bonds is 5. The summed E-state index contributed by atoms with van der Waals surface area (Å²) in [4.78, 5) is 35.5. The molecule has 6 nitrogen and oxygen atoms in total. The van der Waals surface area contributed by atoms with Gasteiger partial charge in [-0.3, -0.25) is 9.59 Å². The minimum absolute atomic E-state index is 0.319. The van der Waals surface area contributed by atoms with Gasteiger partial charge in [-0.25, -0.2) is 4.79 Å². The first-order chi connectivity index (χ1) is 11.9. The van der Waals surface area contributed by atoms with Crippen molar-refractivity contribution in [2.45, 2.75) is 20.3 Å². The van der Waals surface area contributed by atoms with Crippen LogP contribution in [0.4, 0.5) is 11.4 Å². The van der Waals surface area contributed by atoms with Gasteiger partial charge in [0.05, 0.1) is 12.7 Å². The lowest BCUT2D eigenvalue weighted by Crippen LogP contribution is -2.21. The average molecular weight is 340 g/mol. The number of hydrogen-bond acceptors (Lipinski definition) is 4. The van der Waals surface area contributed by atoms with Crippen LogP contribution in [-0.2, 0) is 14.3 Å². The van der Waals surface area contributed by atoms with E-state index < -0.39 is 17.8 Å². The van der Waals surface area contributed by atoms with Crippen molar-refractivity contribution in [2.24, 2.45) is 0 Å². The van der Waals surface area contributed by atoms with Crippen molar-refractivity contribution in [3.63, 3.8) is 0 Å². The highest BCUT2D eigenvalue weighted by molar-refractivity contribution is 6.08. The second-order valence-corrected chi connectivity index (χ2v) is 5.64. The summed E-state index contributed by atoms with van der Waals surface area (Å²) in [6, 6.07) is 11.9. The predicted octanol–water partition coefficient (Wildman–Crippen LogP) is 3.06. The second kappa shape index (κ2) is 8.10. The van der Waals surface area contributed by atoms with Crippen molar-refractivity contribution in [1.82, 2.24) is 0 Å². The number of carbonyl (C=O) groups is 3. The number of aryl methyl sites for hydroxylation is 2. The van der Waals surface area contributed by atoms with Crippen LogP contribution in [0.1, 0.15) is 27.9 Å². The van der Waals surface area contributed by atoms with E-state index in [4.69, 9.17) is 0 Å². The quantitative estimate of drug-likeness (QED) is 0.647. The fraction of sp³-hybridized carbons (Fsp3) is 0.211. The molecule has 0 aliphatic carbocycles. The number of benzene rings is 2. The van der Waals surface area contributed by atoms with Gasteiger partial charge >= 0.3 is 5.97 Å². The molecule has 0 aromatic heterocycles. The number of esters is 1. The summed E-state index contributed by atoms with van der Waals surface area (Å²) < 4.78 is 4.63. The van der Waals surface area contributed by atoms with E-state index in [1.54, 1.807) is 24.3 Å². The van der Waals surface area contributed by atoms with Gasteiger partial charge in [-0.05, 0) is 55.3 Å². The Hall–Kier alpha value is -3.15. The maximum Gasteiger partial charge on any atom is 0.337 e. The van der Waals surface area contributed by atoms with Crippen LogP contribution in [0.5, 0.6) is 0 Å². The Balaban J connectivity index is 1.94. The van der Waals surface area contributed by atoms with Gasteiger partial charge in [-0.2, -0.15) is 0 Å². The van der Waals surface area contributed by atoms with E-state index in [0.29, 0.717) is 16.9 Å². The molecule has 0 saturated carbocycles. The maximum absolute atomic E-state index is 12.0. The van der Waals surface area contributed by atoms with E-state index in [9.17, 15) is 14.4 Å². The zero-order valence-electron chi connectivity index (χ0n) is 14.4. The molecule has 0 radical (unpaired) electrons. The largest absolute Gasteiger partial charge is 0.465 e. The van der Waals surface area contributed by atoms with Gasteiger partial charge in [0.15, 0.2) is 0 Å². The summed E-state index contributed by atoms with van der Waals surface area (Å²) in [5, 5.41) is 5.28. The molecule has 2 N–H and O–H groups in total. The average Bonchev–Trinajstić information content (AvgIpc) is 2.57. The van der Waals surface area contributed by atoms with Crippen molar-refractivity contribution < 1.29 is 19.1 Å². The van der Waals surface area contributed by atoms with Crippen LogP contribution in [0.15, 0.2) is 42.5 Å². The number of hydrogen-bond donors (Lipinski definition) is 2. The Morgan fingerprint density at radius 1 is 0.880 bits per heavy atom. The molecule has 2 aromatic carbocycles. The van der Waals surface area contributed by atoms with Crippen LogP contribution in [0.2, 0.25) is 0 Å². The summed E-state index contributed by atoms with van der Waals surface area (Å²) >= 11 is 0. The van der Waals surface area contributed by atoms with Crippen molar-refractivity contribution in [3.8, 4) is 0 Å². The van der Waals surface area contributed by atoms with E-state index >= 15 is 0 Å². The Bertz CT molecular complexity index is 815. The normalized spacial score (nSPS) is 10.0. The molecule has 0 aliphatic rings. The Morgan fingerprint density at radius 2 is 1.52 bits per heavy atom. The minimum atomic E-state index is -0.497. The second-order valence-electron chi connectivity index (χ2n) is 5.64. The number of ether oxygens (including phenoxy) is 1. The summed E-state index contributed by atoms with van der Waals surface area (Å²) in [5.41, 5.74) is 3.57. The van der Waals surface area contributed by atoms with Crippen LogP contribution in [0.3, 0.4) is 0 Å². The molecule has 0 heterocycles. The molecule has 0 fully saturated rings.